The van der Waals surface area contributed by atoms with Crippen molar-refractivity contribution < 1.29 is 0 Å². The zero-order chi connectivity index (χ0) is 17.1. The summed E-state index contributed by atoms with van der Waals surface area (Å²) in [5.74, 6) is 0. The lowest BCUT2D eigenvalue weighted by molar-refractivity contribution is 1.56. The predicted octanol–water partition coefficient (Wildman–Crippen LogP) is 7.36. The molecule has 0 atom stereocenters. The van der Waals surface area contributed by atoms with E-state index in [4.69, 9.17) is 0 Å². The first-order chi connectivity index (χ1) is 12.9. The monoisotopic (exact) mass is 349 g/mol. The first-order valence-electron chi connectivity index (χ1n) is 8.79. The van der Waals surface area contributed by atoms with Crippen LogP contribution < -0.4 is 0 Å². The summed E-state index contributed by atoms with van der Waals surface area (Å²) in [7, 11) is 0. The van der Waals surface area contributed by atoms with Crippen LogP contribution in [0.5, 0.6) is 0 Å². The fourth-order valence-electron chi connectivity index (χ4n) is 3.96. The van der Waals surface area contributed by atoms with Gasteiger partial charge in [0.2, 0.25) is 0 Å². The number of H-pyrrole nitrogens is 1. The van der Waals surface area contributed by atoms with Crippen LogP contribution in [0.3, 0.4) is 0 Å². The van der Waals surface area contributed by atoms with Crippen molar-refractivity contribution in [1.82, 2.24) is 4.98 Å². The minimum Gasteiger partial charge on any atom is -0.353 e. The van der Waals surface area contributed by atoms with Gasteiger partial charge in [-0.3, -0.25) is 0 Å². The Morgan fingerprint density at radius 2 is 1.50 bits per heavy atom. The van der Waals surface area contributed by atoms with Gasteiger partial charge in [-0.25, -0.2) is 0 Å². The molecule has 0 aliphatic carbocycles. The molecule has 0 saturated heterocycles. The van der Waals surface area contributed by atoms with Gasteiger partial charge in [0.15, 0.2) is 0 Å². The molecule has 122 valence electrons. The first-order valence-corrected chi connectivity index (χ1v) is 9.61. The van der Waals surface area contributed by atoms with E-state index in [1.54, 1.807) is 0 Å². The lowest BCUT2D eigenvalue weighted by Crippen LogP contribution is -1.77. The maximum Gasteiger partial charge on any atom is 0.0660 e. The number of hydrogen-bond acceptors (Lipinski definition) is 1. The van der Waals surface area contributed by atoms with Crippen LogP contribution in [0.1, 0.15) is 0 Å². The van der Waals surface area contributed by atoms with Crippen LogP contribution in [-0.4, -0.2) is 4.98 Å². The van der Waals surface area contributed by atoms with Crippen LogP contribution in [0.15, 0.2) is 84.9 Å². The molecule has 0 aliphatic heterocycles. The van der Waals surface area contributed by atoms with Gasteiger partial charge in [-0.2, -0.15) is 0 Å². The standard InChI is InChI=1S/C24H15NS/c1-2-6-15(7-3-1)17-10-12-20-19(14-17)24-23(25-20)22-18-9-5-4-8-16(18)11-13-21(22)26-24/h1-14,25H. The highest BCUT2D eigenvalue weighted by atomic mass is 32.1. The number of aromatic nitrogens is 1. The molecule has 2 heterocycles. The Hall–Kier alpha value is -3.10. The molecule has 6 aromatic rings. The van der Waals surface area contributed by atoms with E-state index >= 15 is 0 Å². The summed E-state index contributed by atoms with van der Waals surface area (Å²) in [6.07, 6.45) is 0. The molecule has 1 N–H and O–H groups in total. The minimum absolute atomic E-state index is 1.21. The molecule has 0 saturated carbocycles. The lowest BCUT2D eigenvalue weighted by Gasteiger charge is -2.01. The van der Waals surface area contributed by atoms with Crippen LogP contribution in [-0.2, 0) is 0 Å². The smallest absolute Gasteiger partial charge is 0.0660 e. The second-order valence-corrected chi connectivity index (χ2v) is 7.77. The van der Waals surface area contributed by atoms with Gasteiger partial charge in [0.05, 0.1) is 10.2 Å². The second-order valence-electron chi connectivity index (χ2n) is 6.72. The zero-order valence-corrected chi connectivity index (χ0v) is 14.8. The SMILES string of the molecule is c1ccc(-c2ccc3[nH]c4c(sc5ccc6ccccc6c54)c3c2)cc1. The Morgan fingerprint density at radius 3 is 2.42 bits per heavy atom. The lowest BCUT2D eigenvalue weighted by atomic mass is 10.0. The Bertz CT molecular complexity index is 1420. The Morgan fingerprint density at radius 1 is 0.654 bits per heavy atom. The van der Waals surface area contributed by atoms with E-state index in [9.17, 15) is 0 Å². The maximum atomic E-state index is 3.68. The third kappa shape index (κ3) is 1.91. The molecule has 26 heavy (non-hydrogen) atoms. The van der Waals surface area contributed by atoms with Crippen LogP contribution in [0.25, 0.3) is 53.1 Å². The van der Waals surface area contributed by atoms with E-state index in [1.807, 2.05) is 11.3 Å². The molecule has 0 unspecified atom stereocenters. The van der Waals surface area contributed by atoms with Gasteiger partial charge >= 0.3 is 0 Å². The van der Waals surface area contributed by atoms with Gasteiger partial charge in [0.25, 0.3) is 0 Å². The molecule has 0 amide bonds. The molecule has 0 fully saturated rings. The second kappa shape index (κ2) is 5.20. The highest BCUT2D eigenvalue weighted by Crippen LogP contribution is 2.42. The summed E-state index contributed by atoms with van der Waals surface area (Å²) < 4.78 is 2.70. The van der Waals surface area contributed by atoms with Gasteiger partial charge in [-0.05, 0) is 40.1 Å². The third-order valence-corrected chi connectivity index (χ3v) is 6.40. The number of nitrogens with one attached hydrogen (secondary N) is 1. The maximum absolute atomic E-state index is 3.68. The molecule has 2 heteroatoms. The zero-order valence-electron chi connectivity index (χ0n) is 14.0. The number of thiophene rings is 1. The van der Waals surface area contributed by atoms with Crippen molar-refractivity contribution in [1.29, 1.82) is 0 Å². The van der Waals surface area contributed by atoms with Gasteiger partial charge in [0.1, 0.15) is 0 Å². The van der Waals surface area contributed by atoms with E-state index in [-0.39, 0.29) is 0 Å². The topological polar surface area (TPSA) is 15.8 Å². The molecule has 6 rings (SSSR count). The van der Waals surface area contributed by atoms with Crippen molar-refractivity contribution in [3.05, 3.63) is 84.9 Å². The molecule has 0 bridgehead atoms. The largest absolute Gasteiger partial charge is 0.353 e. The van der Waals surface area contributed by atoms with Gasteiger partial charge in [-0.1, -0.05) is 66.7 Å². The molecule has 0 radical (unpaired) electrons. The molecular formula is C24H15NS. The van der Waals surface area contributed by atoms with Crippen molar-refractivity contribution in [2.75, 3.05) is 0 Å². The number of fused-ring (bicyclic) bond motifs is 7. The predicted molar refractivity (Wildman–Crippen MR) is 114 cm³/mol. The van der Waals surface area contributed by atoms with E-state index in [0.717, 1.165) is 0 Å². The van der Waals surface area contributed by atoms with Crippen LogP contribution in [0, 0.1) is 0 Å². The first kappa shape index (κ1) is 14.1. The minimum atomic E-state index is 1.21. The molecular weight excluding hydrogens is 334 g/mol. The molecule has 1 nitrogen and oxygen atoms in total. The van der Waals surface area contributed by atoms with Gasteiger partial charge in [-0.15, -0.1) is 11.3 Å². The summed E-state index contributed by atoms with van der Waals surface area (Å²) in [6, 6.07) is 30.5. The van der Waals surface area contributed by atoms with Crippen LogP contribution in [0.4, 0.5) is 0 Å². The van der Waals surface area contributed by atoms with Gasteiger partial charge in [0, 0.05) is 21.0 Å². The van der Waals surface area contributed by atoms with E-state index in [1.165, 1.54) is 53.1 Å². The van der Waals surface area contributed by atoms with Crippen molar-refractivity contribution in [2.45, 2.75) is 0 Å². The van der Waals surface area contributed by atoms with Crippen molar-refractivity contribution >= 4 is 53.3 Å². The average Bonchev–Trinajstić information content (AvgIpc) is 3.24. The molecule has 0 spiro atoms. The van der Waals surface area contributed by atoms with Gasteiger partial charge < -0.3 is 4.98 Å². The fourth-order valence-corrected chi connectivity index (χ4v) is 5.17. The fraction of sp³-hybridized carbons (Fsp3) is 0. The number of rotatable bonds is 1. The van der Waals surface area contributed by atoms with E-state index < -0.39 is 0 Å². The highest BCUT2D eigenvalue weighted by Gasteiger charge is 2.14. The summed E-state index contributed by atoms with van der Waals surface area (Å²) >= 11 is 1.89. The number of hydrogen-bond donors (Lipinski definition) is 1. The summed E-state index contributed by atoms with van der Waals surface area (Å²) in [6.45, 7) is 0. The van der Waals surface area contributed by atoms with E-state index in [2.05, 4.69) is 89.9 Å². The Labute approximate surface area is 154 Å². The van der Waals surface area contributed by atoms with Crippen molar-refractivity contribution in [3.63, 3.8) is 0 Å². The normalized spacial score (nSPS) is 11.8. The van der Waals surface area contributed by atoms with Crippen molar-refractivity contribution in [3.8, 4) is 11.1 Å². The molecule has 2 aromatic heterocycles. The van der Waals surface area contributed by atoms with Crippen LogP contribution in [0.2, 0.25) is 0 Å². The molecule has 4 aromatic carbocycles. The van der Waals surface area contributed by atoms with E-state index in [0.29, 0.717) is 0 Å². The third-order valence-electron chi connectivity index (χ3n) is 5.21. The number of aromatic amines is 1. The quantitative estimate of drug-likeness (QED) is 0.319. The Kier molecular flexibility index (Phi) is 2.82. The Balaban J connectivity index is 1.73. The van der Waals surface area contributed by atoms with Crippen molar-refractivity contribution in [2.24, 2.45) is 0 Å². The van der Waals surface area contributed by atoms with Crippen LogP contribution >= 0.6 is 11.3 Å². The average molecular weight is 349 g/mol. The molecule has 0 aliphatic rings. The summed E-state index contributed by atoms with van der Waals surface area (Å²) in [5.41, 5.74) is 5.00. The number of benzene rings is 4. The summed E-state index contributed by atoms with van der Waals surface area (Å²) in [5, 5.41) is 5.28. The summed E-state index contributed by atoms with van der Waals surface area (Å²) in [4.78, 5) is 3.68. The highest BCUT2D eigenvalue weighted by molar-refractivity contribution is 7.26.